The minimum Gasteiger partial charge on any atom is -0.508 e. The normalized spacial score (nSPS) is 15.4. The van der Waals surface area contributed by atoms with Crippen LogP contribution in [0, 0.1) is 0 Å². The van der Waals surface area contributed by atoms with Gasteiger partial charge in [0.1, 0.15) is 11.6 Å². The summed E-state index contributed by atoms with van der Waals surface area (Å²) in [5.74, 6) is 1.03. The zero-order chi connectivity index (χ0) is 27.3. The number of aromatic nitrogens is 2. The largest absolute Gasteiger partial charge is 0.508 e. The number of carbonyl (C=O) groups excluding carboxylic acids is 1. The van der Waals surface area contributed by atoms with Crippen LogP contribution >= 0.6 is 0 Å². The van der Waals surface area contributed by atoms with Crippen molar-refractivity contribution in [2.45, 2.75) is 38.0 Å². The SMILES string of the molecule is O=C([C@H](Cc1ccc(O)cc1)NCc1ccccc1)N1Cc2ccccc2C[C@H]1c1ncc(-c2ccccc2)[nH]1. The number of benzene rings is 4. The molecule has 0 fully saturated rings. The summed E-state index contributed by atoms with van der Waals surface area (Å²) < 4.78 is 0. The summed E-state index contributed by atoms with van der Waals surface area (Å²) in [4.78, 5) is 24.7. The Balaban J connectivity index is 1.32. The molecule has 6 heteroatoms. The van der Waals surface area contributed by atoms with E-state index in [0.717, 1.165) is 33.8 Å². The first-order valence-electron chi connectivity index (χ1n) is 13.7. The maximum Gasteiger partial charge on any atom is 0.240 e. The van der Waals surface area contributed by atoms with Crippen molar-refractivity contribution in [3.8, 4) is 17.0 Å². The second-order valence-electron chi connectivity index (χ2n) is 10.3. The van der Waals surface area contributed by atoms with Gasteiger partial charge in [-0.3, -0.25) is 4.79 Å². The molecular formula is C34H32N4O2. The van der Waals surface area contributed by atoms with Crippen molar-refractivity contribution in [2.75, 3.05) is 0 Å². The Hall–Kier alpha value is -4.68. The summed E-state index contributed by atoms with van der Waals surface area (Å²) in [6.45, 7) is 1.09. The number of H-pyrrole nitrogens is 1. The molecule has 4 aromatic carbocycles. The molecule has 200 valence electrons. The van der Waals surface area contributed by atoms with E-state index in [9.17, 15) is 9.90 Å². The predicted octanol–water partition coefficient (Wildman–Crippen LogP) is 5.81. The van der Waals surface area contributed by atoms with Crippen LogP contribution in [0.25, 0.3) is 11.3 Å². The molecule has 1 amide bonds. The van der Waals surface area contributed by atoms with Gasteiger partial charge in [0.15, 0.2) is 0 Å². The molecule has 2 heterocycles. The predicted molar refractivity (Wildman–Crippen MR) is 156 cm³/mol. The molecule has 0 saturated heterocycles. The Morgan fingerprint density at radius 2 is 1.55 bits per heavy atom. The van der Waals surface area contributed by atoms with Crippen LogP contribution in [0.4, 0.5) is 0 Å². The summed E-state index contributed by atoms with van der Waals surface area (Å²) in [5, 5.41) is 13.3. The first kappa shape index (κ1) is 25.6. The number of nitrogens with one attached hydrogen (secondary N) is 2. The van der Waals surface area contributed by atoms with E-state index in [1.807, 2.05) is 65.7 Å². The smallest absolute Gasteiger partial charge is 0.240 e. The molecule has 5 aromatic rings. The maximum absolute atomic E-state index is 14.4. The number of phenols is 1. The molecule has 0 aliphatic carbocycles. The molecule has 6 rings (SSSR count). The second kappa shape index (κ2) is 11.6. The zero-order valence-electron chi connectivity index (χ0n) is 22.2. The summed E-state index contributed by atoms with van der Waals surface area (Å²) >= 11 is 0. The third kappa shape index (κ3) is 5.67. The highest BCUT2D eigenvalue weighted by molar-refractivity contribution is 5.83. The Morgan fingerprint density at radius 1 is 0.875 bits per heavy atom. The minimum atomic E-state index is -0.457. The third-order valence-corrected chi connectivity index (χ3v) is 7.60. The van der Waals surface area contributed by atoms with Gasteiger partial charge >= 0.3 is 0 Å². The van der Waals surface area contributed by atoms with E-state index >= 15 is 0 Å². The lowest BCUT2D eigenvalue weighted by Gasteiger charge is -2.38. The fourth-order valence-electron chi connectivity index (χ4n) is 5.42. The molecule has 40 heavy (non-hydrogen) atoms. The number of fused-ring (bicyclic) bond motifs is 1. The number of aromatic amines is 1. The Morgan fingerprint density at radius 3 is 2.30 bits per heavy atom. The lowest BCUT2D eigenvalue weighted by molar-refractivity contribution is -0.137. The van der Waals surface area contributed by atoms with Crippen LogP contribution in [0.3, 0.4) is 0 Å². The van der Waals surface area contributed by atoms with Gasteiger partial charge < -0.3 is 20.3 Å². The molecule has 1 aromatic heterocycles. The number of nitrogens with zero attached hydrogens (tertiary/aromatic N) is 2. The van der Waals surface area contributed by atoms with Crippen LogP contribution in [-0.2, 0) is 30.7 Å². The first-order valence-corrected chi connectivity index (χ1v) is 13.7. The summed E-state index contributed by atoms with van der Waals surface area (Å²) in [6.07, 6.45) is 3.05. The van der Waals surface area contributed by atoms with Gasteiger partial charge in [-0.05, 0) is 46.4 Å². The highest BCUT2D eigenvalue weighted by Crippen LogP contribution is 2.34. The number of phenolic OH excluding ortho intramolecular Hbond substituents is 1. The first-order chi connectivity index (χ1) is 19.6. The lowest BCUT2D eigenvalue weighted by atomic mass is 9.92. The van der Waals surface area contributed by atoms with Crippen molar-refractivity contribution in [3.05, 3.63) is 143 Å². The van der Waals surface area contributed by atoms with Crippen LogP contribution < -0.4 is 5.32 Å². The van der Waals surface area contributed by atoms with Crippen molar-refractivity contribution in [2.24, 2.45) is 0 Å². The van der Waals surface area contributed by atoms with E-state index in [2.05, 4.69) is 52.8 Å². The van der Waals surface area contributed by atoms with E-state index < -0.39 is 6.04 Å². The van der Waals surface area contributed by atoms with Gasteiger partial charge in [0, 0.05) is 19.5 Å². The standard InChI is InChI=1S/C34H32N4O2/c39-29-17-15-24(16-18-29)19-30(35-21-25-9-3-1-4-10-25)34(40)38-23-28-14-8-7-13-27(28)20-32(38)33-36-22-31(37-33)26-11-5-2-6-12-26/h1-18,22,30,32,35,39H,19-21,23H2,(H,36,37)/t30-,32-/m0/s1. The van der Waals surface area contributed by atoms with E-state index in [1.54, 1.807) is 12.1 Å². The molecule has 1 aliphatic rings. The second-order valence-corrected chi connectivity index (χ2v) is 10.3. The quantitative estimate of drug-likeness (QED) is 0.237. The van der Waals surface area contributed by atoms with Gasteiger partial charge in [0.05, 0.1) is 24.0 Å². The molecule has 0 radical (unpaired) electrons. The Bertz CT molecular complexity index is 1560. The molecule has 0 unspecified atom stereocenters. The number of rotatable bonds is 8. The molecule has 3 N–H and O–H groups in total. The van der Waals surface area contributed by atoms with Gasteiger partial charge in [-0.2, -0.15) is 0 Å². The number of amides is 1. The maximum atomic E-state index is 14.4. The number of hydrogen-bond acceptors (Lipinski definition) is 4. The van der Waals surface area contributed by atoms with Crippen LogP contribution in [0.1, 0.15) is 34.1 Å². The third-order valence-electron chi connectivity index (χ3n) is 7.60. The fraction of sp³-hybridized carbons (Fsp3) is 0.176. The molecule has 1 aliphatic heterocycles. The Labute approximate surface area is 234 Å². The minimum absolute atomic E-state index is 0.0289. The fourth-order valence-corrected chi connectivity index (χ4v) is 5.42. The Kier molecular flexibility index (Phi) is 7.42. The summed E-state index contributed by atoms with van der Waals surface area (Å²) in [6, 6.07) is 35.0. The molecular weight excluding hydrogens is 496 g/mol. The van der Waals surface area contributed by atoms with Crippen LogP contribution in [-0.4, -0.2) is 31.9 Å². The highest BCUT2D eigenvalue weighted by atomic mass is 16.3. The van der Waals surface area contributed by atoms with Crippen LogP contribution in [0.15, 0.2) is 115 Å². The van der Waals surface area contributed by atoms with Gasteiger partial charge in [0.25, 0.3) is 0 Å². The van der Waals surface area contributed by atoms with E-state index in [0.29, 0.717) is 25.9 Å². The van der Waals surface area contributed by atoms with Crippen molar-refractivity contribution in [3.63, 3.8) is 0 Å². The monoisotopic (exact) mass is 528 g/mol. The van der Waals surface area contributed by atoms with Crippen molar-refractivity contribution in [1.82, 2.24) is 20.2 Å². The molecule has 0 spiro atoms. The number of hydrogen-bond donors (Lipinski definition) is 3. The average molecular weight is 529 g/mol. The van der Waals surface area contributed by atoms with Gasteiger partial charge in [-0.1, -0.05) is 97.1 Å². The topological polar surface area (TPSA) is 81.2 Å². The van der Waals surface area contributed by atoms with E-state index in [1.165, 1.54) is 5.56 Å². The van der Waals surface area contributed by atoms with Gasteiger partial charge in [-0.25, -0.2) is 4.98 Å². The van der Waals surface area contributed by atoms with Crippen LogP contribution in [0.5, 0.6) is 5.75 Å². The van der Waals surface area contributed by atoms with Gasteiger partial charge in [0.2, 0.25) is 5.91 Å². The number of imidazole rings is 1. The highest BCUT2D eigenvalue weighted by Gasteiger charge is 2.36. The summed E-state index contributed by atoms with van der Waals surface area (Å²) in [7, 11) is 0. The summed E-state index contributed by atoms with van der Waals surface area (Å²) in [5.41, 5.74) is 6.49. The van der Waals surface area contributed by atoms with E-state index in [-0.39, 0.29) is 17.7 Å². The van der Waals surface area contributed by atoms with Crippen molar-refractivity contribution in [1.29, 1.82) is 0 Å². The molecule has 6 nitrogen and oxygen atoms in total. The van der Waals surface area contributed by atoms with Crippen molar-refractivity contribution < 1.29 is 9.90 Å². The average Bonchev–Trinajstić information content (AvgIpc) is 3.51. The number of carbonyl (C=O) groups is 1. The molecule has 2 atom stereocenters. The van der Waals surface area contributed by atoms with E-state index in [4.69, 9.17) is 4.98 Å². The molecule has 0 saturated carbocycles. The lowest BCUT2D eigenvalue weighted by Crippen LogP contribution is -2.50. The zero-order valence-corrected chi connectivity index (χ0v) is 22.2. The van der Waals surface area contributed by atoms with Crippen molar-refractivity contribution >= 4 is 5.91 Å². The van der Waals surface area contributed by atoms with Gasteiger partial charge in [-0.15, -0.1) is 0 Å². The number of aromatic hydroxyl groups is 1. The van der Waals surface area contributed by atoms with Crippen LogP contribution in [0.2, 0.25) is 0 Å². The molecule has 0 bridgehead atoms.